The Bertz CT molecular complexity index is 478. The van der Waals surface area contributed by atoms with Gasteiger partial charge < -0.3 is 11.1 Å². The molecule has 2 rings (SSSR count). The molecule has 1 aliphatic rings. The number of rotatable bonds is 4. The standard InChI is InChI=1S/C14H24N4OS/c1-4-11-12(15)13(18(2)17-11)14(19)16-9-5-7-10(20-3)8-6-9/h9-10H,4-8,15H2,1-3H3,(H,16,19). The van der Waals surface area contributed by atoms with E-state index in [0.717, 1.165) is 30.2 Å². The maximum atomic E-state index is 12.4. The molecule has 0 radical (unpaired) electrons. The highest BCUT2D eigenvalue weighted by Gasteiger charge is 2.25. The van der Waals surface area contributed by atoms with Gasteiger partial charge in [0.1, 0.15) is 5.69 Å². The van der Waals surface area contributed by atoms with Gasteiger partial charge in [-0.25, -0.2) is 0 Å². The van der Waals surface area contributed by atoms with Gasteiger partial charge in [0.2, 0.25) is 0 Å². The minimum atomic E-state index is -0.0928. The minimum Gasteiger partial charge on any atom is -0.395 e. The highest BCUT2D eigenvalue weighted by molar-refractivity contribution is 7.99. The van der Waals surface area contributed by atoms with Gasteiger partial charge in [0.15, 0.2) is 0 Å². The molecule has 0 aromatic carbocycles. The van der Waals surface area contributed by atoms with Crippen LogP contribution in [0.3, 0.4) is 0 Å². The maximum absolute atomic E-state index is 12.4. The number of hydrogen-bond acceptors (Lipinski definition) is 4. The average molecular weight is 296 g/mol. The van der Waals surface area contributed by atoms with Crippen molar-refractivity contribution in [2.24, 2.45) is 7.05 Å². The topological polar surface area (TPSA) is 72.9 Å². The molecule has 3 N–H and O–H groups in total. The number of amides is 1. The zero-order chi connectivity index (χ0) is 14.7. The highest BCUT2D eigenvalue weighted by atomic mass is 32.2. The molecule has 0 atom stereocenters. The molecule has 1 aromatic heterocycles. The number of thioether (sulfide) groups is 1. The fourth-order valence-electron chi connectivity index (χ4n) is 2.82. The normalized spacial score (nSPS) is 22.8. The quantitative estimate of drug-likeness (QED) is 0.891. The summed E-state index contributed by atoms with van der Waals surface area (Å²) in [6.45, 7) is 1.99. The van der Waals surface area contributed by atoms with Gasteiger partial charge in [-0.15, -0.1) is 0 Å². The Morgan fingerprint density at radius 1 is 1.45 bits per heavy atom. The van der Waals surface area contributed by atoms with Crippen molar-refractivity contribution in [1.82, 2.24) is 15.1 Å². The van der Waals surface area contributed by atoms with E-state index in [0.29, 0.717) is 11.4 Å². The Morgan fingerprint density at radius 3 is 2.60 bits per heavy atom. The van der Waals surface area contributed by atoms with Crippen molar-refractivity contribution < 1.29 is 4.79 Å². The lowest BCUT2D eigenvalue weighted by Crippen LogP contribution is -2.39. The van der Waals surface area contributed by atoms with E-state index in [2.05, 4.69) is 16.7 Å². The van der Waals surface area contributed by atoms with Crippen LogP contribution in [0.5, 0.6) is 0 Å². The van der Waals surface area contributed by atoms with Gasteiger partial charge >= 0.3 is 0 Å². The zero-order valence-corrected chi connectivity index (χ0v) is 13.3. The number of aryl methyl sites for hydroxylation is 2. The summed E-state index contributed by atoms with van der Waals surface area (Å²) in [5.41, 5.74) is 7.83. The maximum Gasteiger partial charge on any atom is 0.271 e. The van der Waals surface area contributed by atoms with Crippen LogP contribution in [-0.2, 0) is 13.5 Å². The van der Waals surface area contributed by atoms with Crippen LogP contribution in [0.15, 0.2) is 0 Å². The molecule has 0 bridgehead atoms. The summed E-state index contributed by atoms with van der Waals surface area (Å²) in [6.07, 6.45) is 7.35. The number of carbonyl (C=O) groups excluding carboxylic acids is 1. The van der Waals surface area contributed by atoms with Crippen LogP contribution in [-0.4, -0.2) is 33.2 Å². The second-order valence-corrected chi connectivity index (χ2v) is 6.51. The van der Waals surface area contributed by atoms with Gasteiger partial charge in [-0.2, -0.15) is 16.9 Å². The number of hydrogen-bond donors (Lipinski definition) is 2. The molecule has 1 fully saturated rings. The lowest BCUT2D eigenvalue weighted by molar-refractivity contribution is 0.0919. The van der Waals surface area contributed by atoms with Crippen molar-refractivity contribution in [3.05, 3.63) is 11.4 Å². The summed E-state index contributed by atoms with van der Waals surface area (Å²) >= 11 is 1.93. The van der Waals surface area contributed by atoms with Crippen LogP contribution >= 0.6 is 11.8 Å². The molecule has 5 nitrogen and oxygen atoms in total. The number of nitrogen functional groups attached to an aromatic ring is 1. The predicted octanol–water partition coefficient (Wildman–Crippen LogP) is 1.97. The number of nitrogens with zero attached hydrogens (tertiary/aromatic N) is 2. The van der Waals surface area contributed by atoms with Crippen molar-refractivity contribution in [3.8, 4) is 0 Å². The van der Waals surface area contributed by atoms with E-state index < -0.39 is 0 Å². The van der Waals surface area contributed by atoms with Crippen LogP contribution < -0.4 is 11.1 Å². The summed E-state index contributed by atoms with van der Waals surface area (Å²) in [5, 5.41) is 8.15. The van der Waals surface area contributed by atoms with Gasteiger partial charge in [-0.05, 0) is 38.4 Å². The molecule has 0 unspecified atom stereocenters. The summed E-state index contributed by atoms with van der Waals surface area (Å²) in [6, 6.07) is 0.269. The molecule has 0 saturated heterocycles. The average Bonchev–Trinajstić information content (AvgIpc) is 2.74. The third kappa shape index (κ3) is 3.11. The van der Waals surface area contributed by atoms with Crippen LogP contribution in [0.1, 0.15) is 48.8 Å². The van der Waals surface area contributed by atoms with Gasteiger partial charge in [0, 0.05) is 18.3 Å². The van der Waals surface area contributed by atoms with Crippen molar-refractivity contribution in [1.29, 1.82) is 0 Å². The Balaban J connectivity index is 2.01. The number of nitrogens with two attached hydrogens (primary N) is 1. The first-order chi connectivity index (χ1) is 9.56. The molecular weight excluding hydrogens is 272 g/mol. The Labute approximate surface area is 124 Å². The molecule has 1 aromatic rings. The Morgan fingerprint density at radius 2 is 2.10 bits per heavy atom. The summed E-state index contributed by atoms with van der Waals surface area (Å²) < 4.78 is 1.59. The van der Waals surface area contributed by atoms with Gasteiger partial charge in [0.05, 0.1) is 11.4 Å². The molecule has 0 spiro atoms. The zero-order valence-electron chi connectivity index (χ0n) is 12.5. The fourth-order valence-corrected chi connectivity index (χ4v) is 3.57. The smallest absolute Gasteiger partial charge is 0.271 e. The largest absolute Gasteiger partial charge is 0.395 e. The molecule has 20 heavy (non-hydrogen) atoms. The van der Waals surface area contributed by atoms with Crippen LogP contribution in [0, 0.1) is 0 Å². The second-order valence-electron chi connectivity index (χ2n) is 5.37. The number of anilines is 1. The van der Waals surface area contributed by atoms with Crippen LogP contribution in [0.2, 0.25) is 0 Å². The van der Waals surface area contributed by atoms with E-state index in [1.165, 1.54) is 12.8 Å². The fraction of sp³-hybridized carbons (Fsp3) is 0.714. The Kier molecular flexibility index (Phi) is 4.96. The van der Waals surface area contributed by atoms with Crippen molar-refractivity contribution in [2.45, 2.75) is 50.3 Å². The first-order valence-electron chi connectivity index (χ1n) is 7.21. The SMILES string of the molecule is CCc1nn(C)c(C(=O)NC2CCC(SC)CC2)c1N. The molecular formula is C14H24N4OS. The van der Waals surface area contributed by atoms with Gasteiger partial charge in [-0.1, -0.05) is 6.92 Å². The predicted molar refractivity (Wildman–Crippen MR) is 84.0 cm³/mol. The minimum absolute atomic E-state index is 0.0928. The summed E-state index contributed by atoms with van der Waals surface area (Å²) in [5.74, 6) is -0.0928. The van der Waals surface area contributed by atoms with E-state index in [1.54, 1.807) is 11.7 Å². The van der Waals surface area contributed by atoms with Crippen molar-refractivity contribution in [2.75, 3.05) is 12.0 Å². The summed E-state index contributed by atoms with van der Waals surface area (Å²) in [7, 11) is 1.77. The lowest BCUT2D eigenvalue weighted by atomic mass is 9.95. The number of aromatic nitrogens is 2. The van der Waals surface area contributed by atoms with Gasteiger partial charge in [-0.3, -0.25) is 9.48 Å². The molecule has 1 heterocycles. The van der Waals surface area contributed by atoms with E-state index in [9.17, 15) is 4.79 Å². The van der Waals surface area contributed by atoms with Crippen molar-refractivity contribution in [3.63, 3.8) is 0 Å². The monoisotopic (exact) mass is 296 g/mol. The molecule has 6 heteroatoms. The molecule has 112 valence electrons. The molecule has 1 saturated carbocycles. The van der Waals surface area contributed by atoms with E-state index in [1.807, 2.05) is 18.7 Å². The van der Waals surface area contributed by atoms with Gasteiger partial charge in [0.25, 0.3) is 5.91 Å². The van der Waals surface area contributed by atoms with E-state index in [4.69, 9.17) is 5.73 Å². The number of carbonyl (C=O) groups is 1. The third-order valence-electron chi connectivity index (χ3n) is 4.05. The highest BCUT2D eigenvalue weighted by Crippen LogP contribution is 2.27. The molecule has 0 aliphatic heterocycles. The third-order valence-corrected chi connectivity index (χ3v) is 5.19. The first-order valence-corrected chi connectivity index (χ1v) is 8.50. The molecule has 1 amide bonds. The molecule has 1 aliphatic carbocycles. The lowest BCUT2D eigenvalue weighted by Gasteiger charge is -2.28. The van der Waals surface area contributed by atoms with Crippen molar-refractivity contribution >= 4 is 23.4 Å². The number of nitrogens with one attached hydrogen (secondary N) is 1. The van der Waals surface area contributed by atoms with E-state index in [-0.39, 0.29) is 11.9 Å². The Hall–Kier alpha value is -1.17. The van der Waals surface area contributed by atoms with E-state index >= 15 is 0 Å². The van der Waals surface area contributed by atoms with Crippen LogP contribution in [0.4, 0.5) is 5.69 Å². The van der Waals surface area contributed by atoms with Crippen LogP contribution in [0.25, 0.3) is 0 Å². The summed E-state index contributed by atoms with van der Waals surface area (Å²) in [4.78, 5) is 12.4. The second kappa shape index (κ2) is 6.52. The first kappa shape index (κ1) is 15.2.